The van der Waals surface area contributed by atoms with Crippen molar-refractivity contribution in [2.45, 2.75) is 9.79 Å². The molecule has 2 aromatic carbocycles. The zero-order valence-corrected chi connectivity index (χ0v) is 15.0. The third-order valence-corrected chi connectivity index (χ3v) is 6.41. The van der Waals surface area contributed by atoms with E-state index >= 15 is 0 Å². The van der Waals surface area contributed by atoms with Crippen LogP contribution in [0.5, 0.6) is 0 Å². The van der Waals surface area contributed by atoms with Crippen molar-refractivity contribution < 1.29 is 4.79 Å². The summed E-state index contributed by atoms with van der Waals surface area (Å²) in [6, 6.07) is 16.4. The normalized spacial score (nSPS) is 19.1. The van der Waals surface area contributed by atoms with E-state index in [0.717, 1.165) is 21.4 Å². The molecule has 0 unspecified atom stereocenters. The van der Waals surface area contributed by atoms with Crippen molar-refractivity contribution in [3.63, 3.8) is 0 Å². The molecule has 0 saturated heterocycles. The smallest absolute Gasteiger partial charge is 0.183 e. The first-order valence-corrected chi connectivity index (χ1v) is 9.25. The van der Waals surface area contributed by atoms with Crippen molar-refractivity contribution in [1.29, 1.82) is 0 Å². The van der Waals surface area contributed by atoms with Crippen LogP contribution < -0.4 is 9.80 Å². The monoisotopic (exact) mass is 352 g/mol. The fourth-order valence-electron chi connectivity index (χ4n) is 2.78. The van der Waals surface area contributed by atoms with E-state index in [1.54, 1.807) is 35.7 Å². The molecule has 0 aliphatic carbocycles. The molecule has 0 spiro atoms. The van der Waals surface area contributed by atoms with Gasteiger partial charge in [0.05, 0.1) is 21.4 Å². The van der Waals surface area contributed by atoms with Gasteiger partial charge < -0.3 is 9.80 Å². The Morgan fingerprint density at radius 3 is 1.62 bits per heavy atom. The first-order chi connectivity index (χ1) is 11.6. The van der Waals surface area contributed by atoms with Gasteiger partial charge in [-0.2, -0.15) is 0 Å². The molecule has 0 bridgehead atoms. The first-order valence-electron chi connectivity index (χ1n) is 7.62. The Labute approximate surface area is 150 Å². The van der Waals surface area contributed by atoms with Gasteiger partial charge in [0.1, 0.15) is 0 Å². The van der Waals surface area contributed by atoms with Gasteiger partial charge in [-0.1, -0.05) is 47.8 Å². The van der Waals surface area contributed by atoms with Crippen LogP contribution in [0.3, 0.4) is 0 Å². The van der Waals surface area contributed by atoms with Gasteiger partial charge in [0.2, 0.25) is 0 Å². The summed E-state index contributed by atoms with van der Waals surface area (Å²) in [6.07, 6.45) is 3.43. The highest BCUT2D eigenvalue weighted by Gasteiger charge is 2.24. The molecule has 2 aromatic rings. The number of para-hydroxylation sites is 2. The van der Waals surface area contributed by atoms with Gasteiger partial charge in [0.25, 0.3) is 0 Å². The molecular formula is C19H16N2OS2. The number of carbonyl (C=O) groups is 1. The summed E-state index contributed by atoms with van der Waals surface area (Å²) in [5, 5.41) is 1.92. The summed E-state index contributed by atoms with van der Waals surface area (Å²) in [4.78, 5) is 19.0. The number of thioether (sulfide) groups is 2. The van der Waals surface area contributed by atoms with E-state index in [1.807, 2.05) is 38.4 Å². The van der Waals surface area contributed by atoms with Crippen molar-refractivity contribution >= 4 is 40.7 Å². The highest BCUT2D eigenvalue weighted by molar-refractivity contribution is 8.04. The van der Waals surface area contributed by atoms with Gasteiger partial charge in [0.15, 0.2) is 5.78 Å². The molecule has 4 rings (SSSR count). The van der Waals surface area contributed by atoms with E-state index in [-0.39, 0.29) is 5.78 Å². The minimum Gasteiger partial charge on any atom is -0.338 e. The standard InChI is InChI=1S/C19H16N2OS2/c1-20-14-7-3-5-9-16(14)23-18(20)11-13(22)12-19-21(2)15-8-4-6-10-17(15)24-19/h3-12H,1-2H3. The van der Waals surface area contributed by atoms with Crippen LogP contribution in [0.2, 0.25) is 0 Å². The third kappa shape index (κ3) is 2.64. The Hall–Kier alpha value is -2.11. The Morgan fingerprint density at radius 2 is 1.21 bits per heavy atom. The molecule has 0 fully saturated rings. The van der Waals surface area contributed by atoms with Crippen LogP contribution in [0.25, 0.3) is 0 Å². The average Bonchev–Trinajstić information content (AvgIpc) is 3.06. The largest absolute Gasteiger partial charge is 0.338 e. The van der Waals surface area contributed by atoms with Gasteiger partial charge in [-0.3, -0.25) is 4.79 Å². The van der Waals surface area contributed by atoms with E-state index < -0.39 is 0 Å². The first kappa shape index (κ1) is 15.4. The second-order valence-electron chi connectivity index (χ2n) is 5.63. The summed E-state index contributed by atoms with van der Waals surface area (Å²) in [6.45, 7) is 0. The third-order valence-electron chi connectivity index (χ3n) is 4.07. The molecule has 0 N–H and O–H groups in total. The van der Waals surface area contributed by atoms with Crippen LogP contribution in [0, 0.1) is 0 Å². The van der Waals surface area contributed by atoms with Gasteiger partial charge >= 0.3 is 0 Å². The lowest BCUT2D eigenvalue weighted by Gasteiger charge is -2.14. The predicted octanol–water partition coefficient (Wildman–Crippen LogP) is 4.72. The number of fused-ring (bicyclic) bond motifs is 2. The quantitative estimate of drug-likeness (QED) is 0.728. The molecule has 120 valence electrons. The van der Waals surface area contributed by atoms with Crippen molar-refractivity contribution in [3.05, 3.63) is 70.7 Å². The van der Waals surface area contributed by atoms with Crippen LogP contribution in [0.15, 0.2) is 80.5 Å². The summed E-state index contributed by atoms with van der Waals surface area (Å²) < 4.78 is 0. The molecular weight excluding hydrogens is 336 g/mol. The van der Waals surface area contributed by atoms with E-state index in [0.29, 0.717) is 0 Å². The Morgan fingerprint density at radius 1 is 0.792 bits per heavy atom. The van der Waals surface area contributed by atoms with Gasteiger partial charge in [-0.05, 0) is 24.3 Å². The SMILES string of the molecule is CN1C(=CC(=O)C=C2Sc3ccccc3N2C)Sc2ccccc21. The number of hydrogen-bond donors (Lipinski definition) is 0. The van der Waals surface area contributed by atoms with Crippen molar-refractivity contribution in [3.8, 4) is 0 Å². The van der Waals surface area contributed by atoms with Crippen LogP contribution >= 0.6 is 23.5 Å². The number of rotatable bonds is 2. The zero-order valence-electron chi connectivity index (χ0n) is 13.4. The fraction of sp³-hybridized carbons (Fsp3) is 0.105. The second kappa shape index (κ2) is 6.07. The molecule has 24 heavy (non-hydrogen) atoms. The molecule has 0 radical (unpaired) electrons. The summed E-state index contributed by atoms with van der Waals surface area (Å²) in [7, 11) is 3.99. The van der Waals surface area contributed by atoms with Crippen molar-refractivity contribution in [2.75, 3.05) is 23.9 Å². The number of benzene rings is 2. The number of ketones is 1. The van der Waals surface area contributed by atoms with E-state index in [1.165, 1.54) is 9.79 Å². The molecule has 2 aliphatic rings. The number of nitrogens with zero attached hydrogens (tertiary/aromatic N) is 2. The van der Waals surface area contributed by atoms with E-state index in [4.69, 9.17) is 0 Å². The summed E-state index contributed by atoms with van der Waals surface area (Å²) >= 11 is 3.27. The number of allylic oxidation sites excluding steroid dienone is 2. The molecule has 0 amide bonds. The Balaban J connectivity index is 1.56. The highest BCUT2D eigenvalue weighted by Crippen LogP contribution is 2.46. The molecule has 0 atom stereocenters. The zero-order chi connectivity index (χ0) is 16.7. The summed E-state index contributed by atoms with van der Waals surface area (Å²) in [5.41, 5.74) is 2.29. The highest BCUT2D eigenvalue weighted by atomic mass is 32.2. The molecule has 2 aliphatic heterocycles. The number of hydrogen-bond acceptors (Lipinski definition) is 5. The van der Waals surface area contributed by atoms with Crippen molar-refractivity contribution in [1.82, 2.24) is 0 Å². The number of anilines is 2. The van der Waals surface area contributed by atoms with E-state index in [2.05, 4.69) is 34.1 Å². The maximum Gasteiger partial charge on any atom is 0.183 e. The van der Waals surface area contributed by atoms with Gasteiger partial charge in [0, 0.05) is 36.0 Å². The minimum atomic E-state index is 0.0133. The van der Waals surface area contributed by atoms with Crippen LogP contribution in [-0.2, 0) is 4.79 Å². The number of carbonyl (C=O) groups excluding carboxylic acids is 1. The Bertz CT molecular complexity index is 817. The second-order valence-corrected chi connectivity index (χ2v) is 7.75. The molecule has 2 heterocycles. The van der Waals surface area contributed by atoms with Gasteiger partial charge in [-0.25, -0.2) is 0 Å². The topological polar surface area (TPSA) is 23.6 Å². The van der Waals surface area contributed by atoms with Crippen LogP contribution in [0.4, 0.5) is 11.4 Å². The summed E-state index contributed by atoms with van der Waals surface area (Å²) in [5.74, 6) is 0.0133. The maximum absolute atomic E-state index is 12.5. The van der Waals surface area contributed by atoms with E-state index in [9.17, 15) is 4.79 Å². The molecule has 0 aromatic heterocycles. The average molecular weight is 352 g/mol. The fourth-order valence-corrected chi connectivity index (χ4v) is 4.96. The van der Waals surface area contributed by atoms with Crippen molar-refractivity contribution in [2.24, 2.45) is 0 Å². The maximum atomic E-state index is 12.5. The van der Waals surface area contributed by atoms with Crippen LogP contribution in [0.1, 0.15) is 0 Å². The lowest BCUT2D eigenvalue weighted by molar-refractivity contribution is -0.110. The lowest BCUT2D eigenvalue weighted by Crippen LogP contribution is -2.12. The van der Waals surface area contributed by atoms with Gasteiger partial charge in [-0.15, -0.1) is 0 Å². The predicted molar refractivity (Wildman–Crippen MR) is 103 cm³/mol. The molecule has 5 heteroatoms. The minimum absolute atomic E-state index is 0.0133. The van der Waals surface area contributed by atoms with Crippen LogP contribution in [-0.4, -0.2) is 19.9 Å². The Kier molecular flexibility index (Phi) is 3.90. The molecule has 0 saturated carbocycles. The lowest BCUT2D eigenvalue weighted by atomic mass is 10.3. The molecule has 3 nitrogen and oxygen atoms in total.